The van der Waals surface area contributed by atoms with E-state index >= 15 is 0 Å². The van der Waals surface area contributed by atoms with Crippen molar-refractivity contribution in [3.8, 4) is 0 Å². The number of halogens is 2. The van der Waals surface area contributed by atoms with E-state index in [1.807, 2.05) is 0 Å². The van der Waals surface area contributed by atoms with Gasteiger partial charge >= 0.3 is 0 Å². The molecule has 1 aromatic rings. The van der Waals surface area contributed by atoms with Crippen LogP contribution in [0.4, 0.5) is 4.39 Å². The molecule has 0 bridgehead atoms. The van der Waals surface area contributed by atoms with Gasteiger partial charge in [-0.15, -0.1) is 0 Å². The van der Waals surface area contributed by atoms with E-state index in [4.69, 9.17) is 11.6 Å². The first-order valence-electron chi connectivity index (χ1n) is 7.22. The molecule has 3 atom stereocenters. The first kappa shape index (κ1) is 15.9. The molecule has 1 N–H and O–H groups in total. The normalized spacial score (nSPS) is 24.6. The fourth-order valence-corrected chi connectivity index (χ4v) is 4.64. The minimum atomic E-state index is -1.14. The molecule has 0 saturated heterocycles. The van der Waals surface area contributed by atoms with Crippen LogP contribution in [0.25, 0.3) is 0 Å². The van der Waals surface area contributed by atoms with Crippen LogP contribution in [-0.4, -0.2) is 22.0 Å². The minimum absolute atomic E-state index is 0.0460. The lowest BCUT2D eigenvalue weighted by molar-refractivity contribution is 0.379. The lowest BCUT2D eigenvalue weighted by atomic mass is 9.95. The predicted octanol–water partition coefficient (Wildman–Crippen LogP) is 3.90. The van der Waals surface area contributed by atoms with Crippen molar-refractivity contribution >= 4 is 22.4 Å². The van der Waals surface area contributed by atoms with Gasteiger partial charge < -0.3 is 5.32 Å². The smallest absolute Gasteiger partial charge is 0.141 e. The predicted molar refractivity (Wildman–Crippen MR) is 82.2 cm³/mol. The van der Waals surface area contributed by atoms with E-state index in [1.54, 1.807) is 6.07 Å². The topological polar surface area (TPSA) is 29.1 Å². The van der Waals surface area contributed by atoms with Crippen LogP contribution in [0.3, 0.4) is 0 Å². The maximum absolute atomic E-state index is 13.2. The summed E-state index contributed by atoms with van der Waals surface area (Å²) in [5.74, 6) is -0.461. The van der Waals surface area contributed by atoms with Gasteiger partial charge in [0, 0.05) is 10.9 Å². The molecule has 0 spiro atoms. The second kappa shape index (κ2) is 7.53. The Hall–Kier alpha value is -0.450. The Morgan fingerprint density at radius 3 is 2.85 bits per heavy atom. The van der Waals surface area contributed by atoms with Crippen LogP contribution < -0.4 is 5.32 Å². The Morgan fingerprint density at radius 1 is 1.40 bits per heavy atom. The van der Waals surface area contributed by atoms with E-state index in [-0.39, 0.29) is 16.3 Å². The Labute approximate surface area is 127 Å². The minimum Gasteiger partial charge on any atom is -0.313 e. The molecule has 2 nitrogen and oxygen atoms in total. The maximum Gasteiger partial charge on any atom is 0.141 e. The molecule has 0 radical (unpaired) electrons. The van der Waals surface area contributed by atoms with Crippen molar-refractivity contribution in [1.82, 2.24) is 5.32 Å². The van der Waals surface area contributed by atoms with Gasteiger partial charge in [0.25, 0.3) is 0 Å². The first-order valence-corrected chi connectivity index (χ1v) is 8.81. The standard InChI is InChI=1S/C15H21ClFNOS/c1-2-9-18-14-5-3-4-6-15(14)20(19)11-7-8-13(17)12(16)10-11/h7-8,10,14-15,18H,2-6,9H2,1H3. The summed E-state index contributed by atoms with van der Waals surface area (Å²) >= 11 is 5.79. The van der Waals surface area contributed by atoms with Crippen LogP contribution in [0.5, 0.6) is 0 Å². The van der Waals surface area contributed by atoms with Crippen molar-refractivity contribution < 1.29 is 8.60 Å². The van der Waals surface area contributed by atoms with Gasteiger partial charge in [-0.2, -0.15) is 0 Å². The second-order valence-electron chi connectivity index (χ2n) is 5.26. The molecule has 2 rings (SSSR count). The summed E-state index contributed by atoms with van der Waals surface area (Å²) in [6.07, 6.45) is 5.36. The summed E-state index contributed by atoms with van der Waals surface area (Å²) in [7, 11) is -1.14. The summed E-state index contributed by atoms with van der Waals surface area (Å²) in [4.78, 5) is 0.631. The third-order valence-corrected chi connectivity index (χ3v) is 5.88. The molecule has 0 aliphatic heterocycles. The van der Waals surface area contributed by atoms with E-state index in [9.17, 15) is 8.60 Å². The van der Waals surface area contributed by atoms with Gasteiger partial charge in [0.1, 0.15) is 5.82 Å². The first-order chi connectivity index (χ1) is 9.63. The van der Waals surface area contributed by atoms with Crippen LogP contribution in [-0.2, 0) is 10.8 Å². The van der Waals surface area contributed by atoms with Crippen molar-refractivity contribution in [1.29, 1.82) is 0 Å². The highest BCUT2D eigenvalue weighted by Crippen LogP contribution is 2.28. The lowest BCUT2D eigenvalue weighted by Gasteiger charge is -2.31. The van der Waals surface area contributed by atoms with Crippen LogP contribution >= 0.6 is 11.6 Å². The number of nitrogens with one attached hydrogen (secondary N) is 1. The molecule has 1 aliphatic carbocycles. The number of benzene rings is 1. The summed E-state index contributed by atoms with van der Waals surface area (Å²) in [5.41, 5.74) is 0. The summed E-state index contributed by atoms with van der Waals surface area (Å²) in [6.45, 7) is 3.07. The van der Waals surface area contributed by atoms with Crippen LogP contribution in [0.1, 0.15) is 39.0 Å². The molecule has 0 heterocycles. The molecule has 1 saturated carbocycles. The molecule has 0 amide bonds. The molecule has 3 unspecified atom stereocenters. The Bertz CT molecular complexity index is 483. The monoisotopic (exact) mass is 317 g/mol. The zero-order chi connectivity index (χ0) is 14.5. The largest absolute Gasteiger partial charge is 0.313 e. The molecule has 1 fully saturated rings. The molecular formula is C15H21ClFNOS. The van der Waals surface area contributed by atoms with Gasteiger partial charge in [0.05, 0.1) is 21.1 Å². The summed E-state index contributed by atoms with van der Waals surface area (Å²) < 4.78 is 25.9. The Balaban J connectivity index is 2.14. The van der Waals surface area contributed by atoms with Gasteiger partial charge in [-0.25, -0.2) is 4.39 Å². The van der Waals surface area contributed by atoms with Crippen LogP contribution in [0, 0.1) is 5.82 Å². The zero-order valence-corrected chi connectivity index (χ0v) is 13.3. The number of rotatable bonds is 5. The molecule has 0 aromatic heterocycles. The second-order valence-corrected chi connectivity index (χ2v) is 7.34. The zero-order valence-electron chi connectivity index (χ0n) is 11.7. The Morgan fingerprint density at radius 2 is 2.15 bits per heavy atom. The van der Waals surface area contributed by atoms with Gasteiger partial charge in [-0.3, -0.25) is 4.21 Å². The Kier molecular flexibility index (Phi) is 6.00. The highest BCUT2D eigenvalue weighted by Gasteiger charge is 2.30. The molecule has 112 valence electrons. The van der Waals surface area contributed by atoms with Crippen molar-refractivity contribution in [2.75, 3.05) is 6.54 Å². The van der Waals surface area contributed by atoms with E-state index in [0.29, 0.717) is 4.90 Å². The molecule has 1 aromatic carbocycles. The molecule has 1 aliphatic rings. The van der Waals surface area contributed by atoms with E-state index < -0.39 is 16.6 Å². The van der Waals surface area contributed by atoms with Gasteiger partial charge in [-0.05, 0) is 44.0 Å². The average Bonchev–Trinajstić information content (AvgIpc) is 2.47. The van der Waals surface area contributed by atoms with Crippen molar-refractivity contribution in [2.45, 2.75) is 55.2 Å². The van der Waals surface area contributed by atoms with Crippen molar-refractivity contribution in [2.24, 2.45) is 0 Å². The van der Waals surface area contributed by atoms with Crippen molar-refractivity contribution in [3.63, 3.8) is 0 Å². The van der Waals surface area contributed by atoms with Gasteiger partial charge in [0.2, 0.25) is 0 Å². The van der Waals surface area contributed by atoms with E-state index in [2.05, 4.69) is 12.2 Å². The SMILES string of the molecule is CCCNC1CCCCC1S(=O)c1ccc(F)c(Cl)c1. The lowest BCUT2D eigenvalue weighted by Crippen LogP contribution is -2.44. The highest BCUT2D eigenvalue weighted by molar-refractivity contribution is 7.85. The molecule has 20 heavy (non-hydrogen) atoms. The van der Waals surface area contributed by atoms with Gasteiger partial charge in [0.15, 0.2) is 0 Å². The van der Waals surface area contributed by atoms with Crippen molar-refractivity contribution in [3.05, 3.63) is 29.0 Å². The number of hydrogen-bond acceptors (Lipinski definition) is 2. The maximum atomic E-state index is 13.2. The third-order valence-electron chi connectivity index (χ3n) is 3.76. The quantitative estimate of drug-likeness (QED) is 0.892. The number of hydrogen-bond donors (Lipinski definition) is 1. The summed E-state index contributed by atoms with van der Waals surface area (Å²) in [5, 5.41) is 3.64. The fraction of sp³-hybridized carbons (Fsp3) is 0.600. The van der Waals surface area contributed by atoms with Crippen LogP contribution in [0.15, 0.2) is 23.1 Å². The summed E-state index contributed by atoms with van der Waals surface area (Å²) in [6, 6.07) is 4.67. The molecule has 5 heteroatoms. The average molecular weight is 318 g/mol. The molecular weight excluding hydrogens is 297 g/mol. The third kappa shape index (κ3) is 3.80. The highest BCUT2D eigenvalue weighted by atomic mass is 35.5. The fourth-order valence-electron chi connectivity index (χ4n) is 2.69. The van der Waals surface area contributed by atoms with Crippen LogP contribution in [0.2, 0.25) is 5.02 Å². The van der Waals surface area contributed by atoms with E-state index in [1.165, 1.54) is 18.6 Å². The van der Waals surface area contributed by atoms with Gasteiger partial charge in [-0.1, -0.05) is 31.4 Å². The van der Waals surface area contributed by atoms with E-state index in [0.717, 1.165) is 32.2 Å².